The fourth-order valence-electron chi connectivity index (χ4n) is 2.49. The Labute approximate surface area is 148 Å². The average molecular weight is 372 g/mol. The number of hydrogen-bond donors (Lipinski definition) is 1. The lowest BCUT2D eigenvalue weighted by Gasteiger charge is -2.11. The van der Waals surface area contributed by atoms with Gasteiger partial charge < -0.3 is 10.1 Å². The molecule has 0 bridgehead atoms. The minimum Gasteiger partial charge on any atom is -0.491 e. The zero-order valence-electron chi connectivity index (χ0n) is 14.2. The van der Waals surface area contributed by atoms with Crippen LogP contribution < -0.4 is 10.1 Å². The summed E-state index contributed by atoms with van der Waals surface area (Å²) in [5.41, 5.74) is 1.14. The lowest BCUT2D eigenvalue weighted by atomic mass is 10.1. The highest BCUT2D eigenvalue weighted by molar-refractivity contribution is 8.02. The third-order valence-electron chi connectivity index (χ3n) is 3.67. The van der Waals surface area contributed by atoms with Crippen LogP contribution in [0.3, 0.4) is 0 Å². The molecule has 1 aromatic rings. The maximum Gasteiger partial charge on any atom is 0.230 e. The molecule has 0 radical (unpaired) electrons. The summed E-state index contributed by atoms with van der Waals surface area (Å²) in [5, 5.41) is 2.95. The minimum absolute atomic E-state index is 0.0379. The largest absolute Gasteiger partial charge is 0.491 e. The van der Waals surface area contributed by atoms with Crippen LogP contribution in [0.2, 0.25) is 0 Å². The lowest BCUT2D eigenvalue weighted by molar-refractivity contribution is -0.118. The van der Waals surface area contributed by atoms with Crippen LogP contribution >= 0.6 is 11.8 Å². The van der Waals surface area contributed by atoms with E-state index < -0.39 is 9.84 Å². The molecule has 134 valence electrons. The van der Waals surface area contributed by atoms with Crippen molar-refractivity contribution in [3.63, 3.8) is 0 Å². The average Bonchev–Trinajstić information content (AvgIpc) is 2.86. The molecule has 1 atom stereocenters. The van der Waals surface area contributed by atoms with E-state index in [0.717, 1.165) is 17.7 Å². The quantitative estimate of drug-likeness (QED) is 0.757. The maximum atomic E-state index is 11.8. The summed E-state index contributed by atoms with van der Waals surface area (Å²) in [7, 11) is -2.87. The van der Waals surface area contributed by atoms with Gasteiger partial charge in [-0.3, -0.25) is 4.79 Å². The smallest absolute Gasteiger partial charge is 0.230 e. The van der Waals surface area contributed by atoms with Crippen molar-refractivity contribution < 1.29 is 17.9 Å². The second-order valence-electron chi connectivity index (χ2n) is 6.25. The molecule has 0 unspecified atom stereocenters. The first-order valence-electron chi connectivity index (χ1n) is 8.18. The Morgan fingerprint density at radius 1 is 1.33 bits per heavy atom. The number of rotatable bonds is 8. The number of nitrogens with one attached hydrogen (secondary N) is 1. The monoisotopic (exact) mass is 371 g/mol. The Morgan fingerprint density at radius 3 is 2.62 bits per heavy atom. The number of hydrogen-bond acceptors (Lipinski definition) is 5. The van der Waals surface area contributed by atoms with E-state index in [2.05, 4.69) is 5.32 Å². The van der Waals surface area contributed by atoms with Crippen LogP contribution in [0.5, 0.6) is 5.75 Å². The van der Waals surface area contributed by atoms with Gasteiger partial charge in [-0.15, -0.1) is 11.8 Å². The molecule has 0 aromatic heterocycles. The van der Waals surface area contributed by atoms with Crippen LogP contribution in [0.1, 0.15) is 25.8 Å². The number of thioether (sulfide) groups is 1. The van der Waals surface area contributed by atoms with Crippen molar-refractivity contribution in [1.82, 2.24) is 5.32 Å². The summed E-state index contributed by atoms with van der Waals surface area (Å²) in [5.74, 6) is 1.59. The first-order valence-corrected chi connectivity index (χ1v) is 11.1. The molecule has 24 heavy (non-hydrogen) atoms. The molecule has 5 nitrogen and oxygen atoms in total. The standard InChI is InChI=1S/C17H25NO4S2/c1-13(2)22-15-5-3-14(4-6-15)7-9-18-17(19)11-23-16-8-10-24(20,21)12-16/h3-6,13,16H,7-12H2,1-2H3,(H,18,19)/t16-/m1/s1. The van der Waals surface area contributed by atoms with E-state index in [4.69, 9.17) is 4.74 Å². The van der Waals surface area contributed by atoms with Gasteiger partial charge in [0.05, 0.1) is 23.4 Å². The highest BCUT2D eigenvalue weighted by Crippen LogP contribution is 2.23. The van der Waals surface area contributed by atoms with Crippen molar-refractivity contribution >= 4 is 27.5 Å². The van der Waals surface area contributed by atoms with Crippen LogP contribution in [0.25, 0.3) is 0 Å². The third-order valence-corrected chi connectivity index (χ3v) is 6.95. The van der Waals surface area contributed by atoms with Gasteiger partial charge in [0.2, 0.25) is 5.91 Å². The molecule has 2 rings (SSSR count). The summed E-state index contributed by atoms with van der Waals surface area (Å²) < 4.78 is 28.3. The summed E-state index contributed by atoms with van der Waals surface area (Å²) >= 11 is 1.44. The lowest BCUT2D eigenvalue weighted by Crippen LogP contribution is -2.28. The molecule has 0 spiro atoms. The first-order chi connectivity index (χ1) is 11.3. The number of amides is 1. The number of benzene rings is 1. The fourth-order valence-corrected chi connectivity index (χ4v) is 5.96. The van der Waals surface area contributed by atoms with E-state index in [-0.39, 0.29) is 28.8 Å². The second-order valence-corrected chi connectivity index (χ2v) is 9.76. The Balaban J connectivity index is 1.64. The molecular formula is C17H25NO4S2. The van der Waals surface area contributed by atoms with E-state index in [9.17, 15) is 13.2 Å². The van der Waals surface area contributed by atoms with Crippen molar-refractivity contribution in [3.05, 3.63) is 29.8 Å². The highest BCUT2D eigenvalue weighted by Gasteiger charge is 2.28. The number of carbonyl (C=O) groups is 1. The van der Waals surface area contributed by atoms with E-state index in [0.29, 0.717) is 18.7 Å². The van der Waals surface area contributed by atoms with E-state index in [1.54, 1.807) is 0 Å². The number of ether oxygens (including phenoxy) is 1. The molecule has 1 saturated heterocycles. The van der Waals surface area contributed by atoms with Crippen molar-refractivity contribution in [2.45, 2.75) is 38.0 Å². The number of carbonyl (C=O) groups excluding carboxylic acids is 1. The van der Waals surface area contributed by atoms with Gasteiger partial charge >= 0.3 is 0 Å². The molecule has 1 aromatic carbocycles. The van der Waals surface area contributed by atoms with Crippen LogP contribution in [0.15, 0.2) is 24.3 Å². The zero-order valence-corrected chi connectivity index (χ0v) is 15.8. The summed E-state index contributed by atoms with van der Waals surface area (Å²) in [6.07, 6.45) is 1.57. The SMILES string of the molecule is CC(C)Oc1ccc(CCNC(=O)CS[C@@H]2CCS(=O)(=O)C2)cc1. The second kappa shape index (κ2) is 8.76. The van der Waals surface area contributed by atoms with Gasteiger partial charge in [0, 0.05) is 11.8 Å². The molecular weight excluding hydrogens is 346 g/mol. The van der Waals surface area contributed by atoms with Gasteiger partial charge in [0.1, 0.15) is 5.75 Å². The van der Waals surface area contributed by atoms with Gasteiger partial charge in [-0.25, -0.2) is 8.42 Å². The molecule has 1 fully saturated rings. The molecule has 0 aliphatic carbocycles. The third kappa shape index (κ3) is 6.73. The first kappa shape index (κ1) is 19.1. The van der Waals surface area contributed by atoms with Crippen LogP contribution in [0.4, 0.5) is 0 Å². The van der Waals surface area contributed by atoms with Crippen LogP contribution in [0, 0.1) is 0 Å². The van der Waals surface area contributed by atoms with Crippen molar-refractivity contribution in [1.29, 1.82) is 0 Å². The Kier molecular flexibility index (Phi) is 6.98. The van der Waals surface area contributed by atoms with Crippen LogP contribution in [-0.4, -0.2) is 49.5 Å². The van der Waals surface area contributed by atoms with Gasteiger partial charge in [-0.1, -0.05) is 12.1 Å². The Morgan fingerprint density at radius 2 is 2.04 bits per heavy atom. The normalized spacial score (nSPS) is 19.4. The van der Waals surface area contributed by atoms with E-state index in [1.807, 2.05) is 38.1 Å². The van der Waals surface area contributed by atoms with E-state index >= 15 is 0 Å². The maximum absolute atomic E-state index is 11.8. The zero-order chi connectivity index (χ0) is 17.6. The van der Waals surface area contributed by atoms with Crippen molar-refractivity contribution in [2.24, 2.45) is 0 Å². The molecule has 1 N–H and O–H groups in total. The Bertz CT molecular complexity index is 641. The van der Waals surface area contributed by atoms with Gasteiger partial charge in [-0.05, 0) is 44.4 Å². The summed E-state index contributed by atoms with van der Waals surface area (Å²) in [6.45, 7) is 4.55. The number of sulfone groups is 1. The molecule has 1 heterocycles. The molecule has 1 amide bonds. The van der Waals surface area contributed by atoms with Gasteiger partial charge in [-0.2, -0.15) is 0 Å². The van der Waals surface area contributed by atoms with Crippen molar-refractivity contribution in [3.8, 4) is 5.75 Å². The minimum atomic E-state index is -2.87. The van der Waals surface area contributed by atoms with Crippen molar-refractivity contribution in [2.75, 3.05) is 23.8 Å². The van der Waals surface area contributed by atoms with E-state index in [1.165, 1.54) is 11.8 Å². The summed E-state index contributed by atoms with van der Waals surface area (Å²) in [6, 6.07) is 7.88. The fraction of sp³-hybridized carbons (Fsp3) is 0.588. The molecule has 1 aliphatic rings. The highest BCUT2D eigenvalue weighted by atomic mass is 32.2. The Hall–Kier alpha value is -1.21. The van der Waals surface area contributed by atoms with Crippen LogP contribution in [-0.2, 0) is 21.1 Å². The predicted molar refractivity (Wildman–Crippen MR) is 98.4 cm³/mol. The molecule has 0 saturated carbocycles. The summed E-state index contributed by atoms with van der Waals surface area (Å²) in [4.78, 5) is 11.8. The molecule has 7 heteroatoms. The van der Waals surface area contributed by atoms with Gasteiger partial charge in [0.15, 0.2) is 9.84 Å². The van der Waals surface area contributed by atoms with Gasteiger partial charge in [0.25, 0.3) is 0 Å². The predicted octanol–water partition coefficient (Wildman–Crippen LogP) is 2.05. The molecule has 1 aliphatic heterocycles. The topological polar surface area (TPSA) is 72.5 Å².